The van der Waals surface area contributed by atoms with E-state index in [0.29, 0.717) is 19.6 Å². The zero-order valence-corrected chi connectivity index (χ0v) is 12.4. The van der Waals surface area contributed by atoms with Gasteiger partial charge in [-0.1, -0.05) is 28.1 Å². The van der Waals surface area contributed by atoms with Crippen LogP contribution in [0.4, 0.5) is 0 Å². The summed E-state index contributed by atoms with van der Waals surface area (Å²) in [5.41, 5.74) is 1.21. The van der Waals surface area contributed by atoms with Crippen LogP contribution >= 0.6 is 15.9 Å². The first-order chi connectivity index (χ1) is 9.24. The average Bonchev–Trinajstić information content (AvgIpc) is 2.40. The van der Waals surface area contributed by atoms with Crippen molar-refractivity contribution < 1.29 is 9.53 Å². The van der Waals surface area contributed by atoms with Gasteiger partial charge in [0.2, 0.25) is 5.91 Å². The summed E-state index contributed by atoms with van der Waals surface area (Å²) in [5, 5.41) is 6.15. The van der Waals surface area contributed by atoms with Crippen LogP contribution in [0, 0.1) is 0 Å². The van der Waals surface area contributed by atoms with E-state index < -0.39 is 0 Å². The lowest BCUT2D eigenvalue weighted by atomic mass is 10.1. The molecule has 4 nitrogen and oxygen atoms in total. The number of ether oxygens (including phenoxy) is 1. The van der Waals surface area contributed by atoms with E-state index in [2.05, 4.69) is 38.7 Å². The van der Waals surface area contributed by atoms with E-state index in [1.807, 2.05) is 12.1 Å². The summed E-state index contributed by atoms with van der Waals surface area (Å²) in [5.74, 6) is 0.0590. The standard InChI is InChI=1S/C14H19BrN2O2/c15-12-3-1-2-11(8-12)4-5-17-14(18)9-13-10-16-6-7-19-13/h1-3,8,13,16H,4-7,9-10H2,(H,17,18). The summed E-state index contributed by atoms with van der Waals surface area (Å²) in [7, 11) is 0. The van der Waals surface area contributed by atoms with Crippen molar-refractivity contribution in [2.75, 3.05) is 26.2 Å². The molecule has 1 aliphatic heterocycles. The van der Waals surface area contributed by atoms with Gasteiger partial charge in [0.25, 0.3) is 0 Å². The molecular formula is C14H19BrN2O2. The van der Waals surface area contributed by atoms with Gasteiger partial charge in [0.1, 0.15) is 0 Å². The number of carbonyl (C=O) groups excluding carboxylic acids is 1. The van der Waals surface area contributed by atoms with E-state index >= 15 is 0 Å². The fraction of sp³-hybridized carbons (Fsp3) is 0.500. The second-order valence-electron chi connectivity index (χ2n) is 4.63. The van der Waals surface area contributed by atoms with Gasteiger partial charge in [0, 0.05) is 24.1 Å². The molecule has 0 radical (unpaired) electrons. The van der Waals surface area contributed by atoms with Gasteiger partial charge in [-0.05, 0) is 24.1 Å². The largest absolute Gasteiger partial charge is 0.375 e. The van der Waals surface area contributed by atoms with Gasteiger partial charge in [-0.25, -0.2) is 0 Å². The lowest BCUT2D eigenvalue weighted by molar-refractivity contribution is -0.124. The molecule has 1 aromatic rings. The van der Waals surface area contributed by atoms with Crippen molar-refractivity contribution in [3.05, 3.63) is 34.3 Å². The Balaban J connectivity index is 1.66. The van der Waals surface area contributed by atoms with E-state index in [9.17, 15) is 4.79 Å². The molecule has 104 valence electrons. The molecule has 2 N–H and O–H groups in total. The molecule has 0 spiro atoms. The van der Waals surface area contributed by atoms with E-state index in [0.717, 1.165) is 24.0 Å². The van der Waals surface area contributed by atoms with Gasteiger partial charge in [-0.15, -0.1) is 0 Å². The lowest BCUT2D eigenvalue weighted by Crippen LogP contribution is -2.41. The molecule has 1 heterocycles. The minimum atomic E-state index is 0.0135. The Morgan fingerprint density at radius 3 is 3.16 bits per heavy atom. The monoisotopic (exact) mass is 326 g/mol. The molecule has 0 aromatic heterocycles. The summed E-state index contributed by atoms with van der Waals surface area (Å²) in [6.45, 7) is 2.99. The third-order valence-electron chi connectivity index (χ3n) is 3.04. The number of hydrogen-bond acceptors (Lipinski definition) is 3. The van der Waals surface area contributed by atoms with Gasteiger partial charge in [-0.3, -0.25) is 4.79 Å². The highest BCUT2D eigenvalue weighted by Gasteiger charge is 2.16. The number of carbonyl (C=O) groups is 1. The van der Waals surface area contributed by atoms with Crippen molar-refractivity contribution in [3.63, 3.8) is 0 Å². The Kier molecular flexibility index (Phi) is 5.82. The number of benzene rings is 1. The molecule has 0 bridgehead atoms. The normalized spacial score (nSPS) is 19.1. The quantitative estimate of drug-likeness (QED) is 0.861. The minimum absolute atomic E-state index is 0.0135. The summed E-state index contributed by atoms with van der Waals surface area (Å²) >= 11 is 3.44. The predicted molar refractivity (Wildman–Crippen MR) is 78.1 cm³/mol. The van der Waals surface area contributed by atoms with Crippen molar-refractivity contribution in [1.82, 2.24) is 10.6 Å². The molecule has 0 saturated carbocycles. The minimum Gasteiger partial charge on any atom is -0.375 e. The average molecular weight is 327 g/mol. The molecule has 1 unspecified atom stereocenters. The molecule has 1 saturated heterocycles. The predicted octanol–water partition coefficient (Wildman–Crippen LogP) is 1.49. The molecule has 5 heteroatoms. The first-order valence-electron chi connectivity index (χ1n) is 6.57. The molecule has 1 aliphatic rings. The van der Waals surface area contributed by atoms with Crippen LogP contribution in [-0.2, 0) is 16.0 Å². The third-order valence-corrected chi connectivity index (χ3v) is 3.54. The van der Waals surface area contributed by atoms with Crippen LogP contribution in [0.2, 0.25) is 0 Å². The molecule has 0 aliphatic carbocycles. The zero-order chi connectivity index (χ0) is 13.5. The van der Waals surface area contributed by atoms with Crippen molar-refractivity contribution in [1.29, 1.82) is 0 Å². The Labute approximate surface area is 122 Å². The van der Waals surface area contributed by atoms with Crippen molar-refractivity contribution in [2.24, 2.45) is 0 Å². The number of nitrogens with one attached hydrogen (secondary N) is 2. The van der Waals surface area contributed by atoms with Gasteiger partial charge in [-0.2, -0.15) is 0 Å². The fourth-order valence-corrected chi connectivity index (χ4v) is 2.52. The Morgan fingerprint density at radius 1 is 1.53 bits per heavy atom. The van der Waals surface area contributed by atoms with E-state index in [4.69, 9.17) is 4.74 Å². The smallest absolute Gasteiger partial charge is 0.222 e. The topological polar surface area (TPSA) is 50.4 Å². The molecular weight excluding hydrogens is 308 g/mol. The van der Waals surface area contributed by atoms with E-state index in [-0.39, 0.29) is 12.0 Å². The maximum Gasteiger partial charge on any atom is 0.222 e. The van der Waals surface area contributed by atoms with Crippen LogP contribution in [0.25, 0.3) is 0 Å². The molecule has 19 heavy (non-hydrogen) atoms. The SMILES string of the molecule is O=C(CC1CNCCO1)NCCc1cccc(Br)c1. The van der Waals surface area contributed by atoms with Crippen molar-refractivity contribution >= 4 is 21.8 Å². The summed E-state index contributed by atoms with van der Waals surface area (Å²) < 4.78 is 6.57. The van der Waals surface area contributed by atoms with Crippen LogP contribution in [0.5, 0.6) is 0 Å². The number of morpholine rings is 1. The fourth-order valence-electron chi connectivity index (χ4n) is 2.07. The number of halogens is 1. The molecule has 1 aromatic carbocycles. The van der Waals surface area contributed by atoms with Crippen LogP contribution in [0.3, 0.4) is 0 Å². The number of amides is 1. The maximum absolute atomic E-state index is 11.7. The van der Waals surface area contributed by atoms with E-state index in [1.165, 1.54) is 5.56 Å². The lowest BCUT2D eigenvalue weighted by Gasteiger charge is -2.23. The van der Waals surface area contributed by atoms with Gasteiger partial charge in [0.05, 0.1) is 19.1 Å². The molecule has 1 atom stereocenters. The highest BCUT2D eigenvalue weighted by atomic mass is 79.9. The first kappa shape index (κ1) is 14.5. The summed E-state index contributed by atoms with van der Waals surface area (Å²) in [6, 6.07) is 8.13. The highest BCUT2D eigenvalue weighted by Crippen LogP contribution is 2.11. The van der Waals surface area contributed by atoms with E-state index in [1.54, 1.807) is 0 Å². The number of hydrogen-bond donors (Lipinski definition) is 2. The Morgan fingerprint density at radius 2 is 2.42 bits per heavy atom. The van der Waals surface area contributed by atoms with Crippen LogP contribution < -0.4 is 10.6 Å². The van der Waals surface area contributed by atoms with Crippen molar-refractivity contribution in [2.45, 2.75) is 18.9 Å². The van der Waals surface area contributed by atoms with Gasteiger partial charge in [0.15, 0.2) is 0 Å². The second-order valence-corrected chi connectivity index (χ2v) is 5.55. The highest BCUT2D eigenvalue weighted by molar-refractivity contribution is 9.10. The molecule has 2 rings (SSSR count). The second kappa shape index (κ2) is 7.62. The molecule has 1 fully saturated rings. The number of rotatable bonds is 5. The van der Waals surface area contributed by atoms with Crippen LogP contribution in [-0.4, -0.2) is 38.3 Å². The van der Waals surface area contributed by atoms with Crippen molar-refractivity contribution in [3.8, 4) is 0 Å². The first-order valence-corrected chi connectivity index (χ1v) is 7.37. The summed E-state index contributed by atoms with van der Waals surface area (Å²) in [4.78, 5) is 11.7. The molecule has 1 amide bonds. The zero-order valence-electron chi connectivity index (χ0n) is 10.8. The summed E-state index contributed by atoms with van der Waals surface area (Å²) in [6.07, 6.45) is 1.29. The Hall–Kier alpha value is -0.910. The van der Waals surface area contributed by atoms with Gasteiger partial charge >= 0.3 is 0 Å². The van der Waals surface area contributed by atoms with Crippen LogP contribution in [0.1, 0.15) is 12.0 Å². The Bertz CT molecular complexity index is 420. The van der Waals surface area contributed by atoms with Gasteiger partial charge < -0.3 is 15.4 Å². The third kappa shape index (κ3) is 5.30. The van der Waals surface area contributed by atoms with Crippen LogP contribution in [0.15, 0.2) is 28.7 Å². The maximum atomic E-state index is 11.7.